The fourth-order valence-corrected chi connectivity index (χ4v) is 3.13. The summed E-state index contributed by atoms with van der Waals surface area (Å²) in [7, 11) is -3.52. The molecular weight excluding hydrogens is 314 g/mol. The van der Waals surface area contributed by atoms with E-state index in [-0.39, 0.29) is 12.5 Å². The first-order valence-corrected chi connectivity index (χ1v) is 9.77. The van der Waals surface area contributed by atoms with Crippen LogP contribution in [0.25, 0.3) is 0 Å². The number of hydrogen-bond acceptors (Lipinski definition) is 4. The molecule has 6 nitrogen and oxygen atoms in total. The van der Waals surface area contributed by atoms with E-state index < -0.39 is 10.0 Å². The highest BCUT2D eigenvalue weighted by Gasteiger charge is 2.20. The van der Waals surface area contributed by atoms with Crippen molar-refractivity contribution in [1.29, 1.82) is 0 Å². The minimum atomic E-state index is -3.52. The molecule has 7 heteroatoms. The van der Waals surface area contributed by atoms with Gasteiger partial charge in [0.25, 0.3) is 0 Å². The van der Waals surface area contributed by atoms with Crippen LogP contribution in [0.15, 0.2) is 24.3 Å². The number of sulfonamides is 1. The zero-order chi connectivity index (χ0) is 17.5. The van der Waals surface area contributed by atoms with Crippen LogP contribution < -0.4 is 14.5 Å². The molecule has 0 unspecified atom stereocenters. The lowest BCUT2D eigenvalue weighted by Gasteiger charge is -2.24. The van der Waals surface area contributed by atoms with E-state index in [1.165, 1.54) is 0 Å². The summed E-state index contributed by atoms with van der Waals surface area (Å²) < 4.78 is 25.1. The molecule has 23 heavy (non-hydrogen) atoms. The van der Waals surface area contributed by atoms with Gasteiger partial charge in [-0.05, 0) is 44.5 Å². The van der Waals surface area contributed by atoms with Crippen LogP contribution in [0, 0.1) is 0 Å². The highest BCUT2D eigenvalue weighted by molar-refractivity contribution is 7.92. The Kier molecular flexibility index (Phi) is 7.35. The van der Waals surface area contributed by atoms with E-state index in [1.54, 1.807) is 12.1 Å². The summed E-state index contributed by atoms with van der Waals surface area (Å²) in [6.07, 6.45) is 1.92. The Hall–Kier alpha value is -1.76. The predicted molar refractivity (Wildman–Crippen MR) is 95.5 cm³/mol. The molecule has 0 radical (unpaired) electrons. The molecule has 1 N–H and O–H groups in total. The Morgan fingerprint density at radius 1 is 1.04 bits per heavy atom. The monoisotopic (exact) mass is 341 g/mol. The van der Waals surface area contributed by atoms with E-state index in [9.17, 15) is 13.2 Å². The molecule has 130 valence electrons. The van der Waals surface area contributed by atoms with E-state index in [4.69, 9.17) is 0 Å². The molecule has 0 aliphatic heterocycles. The maximum Gasteiger partial charge on any atom is 0.240 e. The summed E-state index contributed by atoms with van der Waals surface area (Å²) in [5.41, 5.74) is 1.53. The first kappa shape index (κ1) is 19.3. The average Bonchev–Trinajstić information content (AvgIpc) is 2.51. The third-order valence-corrected chi connectivity index (χ3v) is 4.67. The van der Waals surface area contributed by atoms with Gasteiger partial charge in [0.1, 0.15) is 6.54 Å². The van der Waals surface area contributed by atoms with Crippen molar-refractivity contribution in [1.82, 2.24) is 5.32 Å². The van der Waals surface area contributed by atoms with E-state index in [0.717, 1.165) is 35.8 Å². The summed E-state index contributed by atoms with van der Waals surface area (Å²) in [5.74, 6) is -0.301. The first-order valence-electron chi connectivity index (χ1n) is 7.92. The van der Waals surface area contributed by atoms with Crippen molar-refractivity contribution in [3.05, 3.63) is 24.3 Å². The van der Waals surface area contributed by atoms with Crippen LogP contribution in [0.5, 0.6) is 0 Å². The Morgan fingerprint density at radius 2 is 1.57 bits per heavy atom. The molecule has 0 spiro atoms. The number of nitrogens with one attached hydrogen (secondary N) is 1. The molecule has 1 aromatic rings. The van der Waals surface area contributed by atoms with Crippen molar-refractivity contribution in [2.45, 2.75) is 27.2 Å². The van der Waals surface area contributed by atoms with Gasteiger partial charge in [-0.3, -0.25) is 9.10 Å². The third-order valence-electron chi connectivity index (χ3n) is 3.53. The van der Waals surface area contributed by atoms with Crippen LogP contribution in [0.2, 0.25) is 0 Å². The Morgan fingerprint density at radius 3 is 2.00 bits per heavy atom. The number of nitrogens with zero attached hydrogens (tertiary/aromatic N) is 2. The second-order valence-corrected chi connectivity index (χ2v) is 7.22. The Balaban J connectivity index is 2.98. The summed E-state index contributed by atoms with van der Waals surface area (Å²) in [5, 5.41) is 2.70. The smallest absolute Gasteiger partial charge is 0.240 e. The SMILES string of the molecule is CCCNC(=O)CN(c1ccc(N(CC)CC)cc1)S(C)(=O)=O. The Labute approximate surface area is 139 Å². The molecule has 1 rings (SSSR count). The number of benzene rings is 1. The lowest BCUT2D eigenvalue weighted by atomic mass is 10.2. The molecule has 0 fully saturated rings. The van der Waals surface area contributed by atoms with Gasteiger partial charge in [0.15, 0.2) is 0 Å². The van der Waals surface area contributed by atoms with Crippen LogP contribution in [-0.2, 0) is 14.8 Å². The summed E-state index contributed by atoms with van der Waals surface area (Å²) in [4.78, 5) is 14.0. The molecule has 0 saturated carbocycles. The number of carbonyl (C=O) groups is 1. The van der Waals surface area contributed by atoms with Crippen LogP contribution in [0.1, 0.15) is 27.2 Å². The van der Waals surface area contributed by atoms with Crippen LogP contribution in [0.3, 0.4) is 0 Å². The predicted octanol–water partition coefficient (Wildman–Crippen LogP) is 1.83. The number of hydrogen-bond donors (Lipinski definition) is 1. The Bertz CT molecular complexity index is 596. The average molecular weight is 341 g/mol. The molecule has 0 heterocycles. The van der Waals surface area contributed by atoms with Crippen LogP contribution in [0.4, 0.5) is 11.4 Å². The molecule has 0 atom stereocenters. The van der Waals surface area contributed by atoms with E-state index in [1.807, 2.05) is 19.1 Å². The molecular formula is C16H27N3O3S. The lowest BCUT2D eigenvalue weighted by Crippen LogP contribution is -2.40. The third kappa shape index (κ3) is 5.74. The lowest BCUT2D eigenvalue weighted by molar-refractivity contribution is -0.119. The largest absolute Gasteiger partial charge is 0.372 e. The van der Waals surface area contributed by atoms with Gasteiger partial charge >= 0.3 is 0 Å². The van der Waals surface area contributed by atoms with Gasteiger partial charge in [0.05, 0.1) is 11.9 Å². The van der Waals surface area contributed by atoms with Gasteiger partial charge in [-0.15, -0.1) is 0 Å². The second kappa shape index (κ2) is 8.76. The molecule has 0 bridgehead atoms. The molecule has 1 amide bonds. The highest BCUT2D eigenvalue weighted by atomic mass is 32.2. The summed E-state index contributed by atoms with van der Waals surface area (Å²) in [6.45, 7) is 8.17. The van der Waals surface area contributed by atoms with Crippen molar-refractivity contribution in [3.8, 4) is 0 Å². The van der Waals surface area contributed by atoms with Crippen molar-refractivity contribution in [2.24, 2.45) is 0 Å². The molecule has 0 aliphatic rings. The molecule has 0 aromatic heterocycles. The molecule has 0 saturated heterocycles. The summed E-state index contributed by atoms with van der Waals surface area (Å²) in [6, 6.07) is 7.23. The van der Waals surface area contributed by atoms with Crippen molar-refractivity contribution >= 4 is 27.3 Å². The van der Waals surface area contributed by atoms with Crippen molar-refractivity contribution in [3.63, 3.8) is 0 Å². The first-order chi connectivity index (χ1) is 10.8. The van der Waals surface area contributed by atoms with Crippen molar-refractivity contribution in [2.75, 3.05) is 41.6 Å². The summed E-state index contributed by atoms with van der Waals surface area (Å²) >= 11 is 0. The molecule has 1 aromatic carbocycles. The van der Waals surface area contributed by atoms with Gasteiger partial charge in [-0.25, -0.2) is 8.42 Å². The fourth-order valence-electron chi connectivity index (χ4n) is 2.27. The van der Waals surface area contributed by atoms with Gasteiger partial charge in [-0.2, -0.15) is 0 Å². The minimum absolute atomic E-state index is 0.205. The van der Waals surface area contributed by atoms with Gasteiger partial charge in [0, 0.05) is 25.3 Å². The topological polar surface area (TPSA) is 69.7 Å². The zero-order valence-corrected chi connectivity index (χ0v) is 15.2. The van der Waals surface area contributed by atoms with Crippen molar-refractivity contribution < 1.29 is 13.2 Å². The van der Waals surface area contributed by atoms with Gasteiger partial charge in [0.2, 0.25) is 15.9 Å². The fraction of sp³-hybridized carbons (Fsp3) is 0.562. The highest BCUT2D eigenvalue weighted by Crippen LogP contribution is 2.22. The molecule has 0 aliphatic carbocycles. The number of rotatable bonds is 9. The number of amides is 1. The van der Waals surface area contributed by atoms with E-state index >= 15 is 0 Å². The second-order valence-electron chi connectivity index (χ2n) is 5.31. The van der Waals surface area contributed by atoms with Crippen LogP contribution in [-0.4, -0.2) is 46.8 Å². The van der Waals surface area contributed by atoms with Gasteiger partial charge < -0.3 is 10.2 Å². The normalized spacial score (nSPS) is 11.1. The van der Waals surface area contributed by atoms with Crippen LogP contribution >= 0.6 is 0 Å². The number of anilines is 2. The van der Waals surface area contributed by atoms with E-state index in [2.05, 4.69) is 24.1 Å². The quantitative estimate of drug-likeness (QED) is 0.744. The maximum atomic E-state index is 12.0. The minimum Gasteiger partial charge on any atom is -0.372 e. The number of carbonyl (C=O) groups excluding carboxylic acids is 1. The maximum absolute atomic E-state index is 12.0. The van der Waals surface area contributed by atoms with Gasteiger partial charge in [-0.1, -0.05) is 6.92 Å². The van der Waals surface area contributed by atoms with E-state index in [0.29, 0.717) is 12.2 Å². The standard InChI is InChI=1S/C16H27N3O3S/c1-5-12-17-16(20)13-19(23(4,21)22)15-10-8-14(9-11-15)18(6-2)7-3/h8-11H,5-7,12-13H2,1-4H3,(H,17,20). The zero-order valence-electron chi connectivity index (χ0n) is 14.4.